The zero-order valence-corrected chi connectivity index (χ0v) is 17.7. The molecular weight excluding hydrogens is 467 g/mol. The maximum Gasteiger partial charge on any atom is 0.135 e. The molecule has 0 spiro atoms. The summed E-state index contributed by atoms with van der Waals surface area (Å²) in [6.45, 7) is 4.18. The van der Waals surface area contributed by atoms with Crippen molar-refractivity contribution in [1.29, 1.82) is 0 Å². The van der Waals surface area contributed by atoms with Crippen molar-refractivity contribution in [1.82, 2.24) is 10.2 Å². The smallest absolute Gasteiger partial charge is 0.135 e. The van der Waals surface area contributed by atoms with Crippen molar-refractivity contribution in [2.24, 2.45) is 5.92 Å². The summed E-state index contributed by atoms with van der Waals surface area (Å²) in [6.07, 6.45) is 5.18. The molecule has 0 radical (unpaired) electrons. The van der Waals surface area contributed by atoms with Gasteiger partial charge < -0.3 is 10.4 Å². The zero-order chi connectivity index (χ0) is 14.8. The lowest BCUT2D eigenvalue weighted by Gasteiger charge is -2.39. The molecule has 0 unspecified atom stereocenters. The number of rotatable bonds is 3. The van der Waals surface area contributed by atoms with Crippen LogP contribution in [-0.2, 0) is 0 Å². The van der Waals surface area contributed by atoms with Gasteiger partial charge in [0, 0.05) is 42.3 Å². The number of benzene rings is 1. The number of aromatic hydroxyl groups is 1. The molecule has 0 amide bonds. The zero-order valence-electron chi connectivity index (χ0n) is 12.9. The molecule has 1 aliphatic heterocycles. The molecule has 2 fully saturated rings. The minimum absolute atomic E-state index is 0. The van der Waals surface area contributed by atoms with Crippen LogP contribution >= 0.6 is 56.7 Å². The second-order valence-electron chi connectivity index (χ2n) is 6.07. The largest absolute Gasteiger partial charge is 0.506 e. The average molecular weight is 491 g/mol. The van der Waals surface area contributed by atoms with Crippen LogP contribution in [-0.4, -0.2) is 36.2 Å². The molecule has 0 bridgehead atoms. The molecule has 3 nitrogen and oxygen atoms in total. The minimum Gasteiger partial charge on any atom is -0.506 e. The summed E-state index contributed by atoms with van der Waals surface area (Å²) in [6, 6.07) is 4.27. The van der Waals surface area contributed by atoms with Crippen molar-refractivity contribution in [3.8, 4) is 5.75 Å². The van der Waals surface area contributed by atoms with E-state index < -0.39 is 0 Å². The molecule has 1 atom stereocenters. The molecule has 1 saturated carbocycles. The van der Waals surface area contributed by atoms with Gasteiger partial charge in [0.1, 0.15) is 5.75 Å². The second kappa shape index (κ2) is 9.83. The summed E-state index contributed by atoms with van der Waals surface area (Å²) in [5, 5.41) is 14.0. The summed E-state index contributed by atoms with van der Waals surface area (Å²) in [5.41, 5.74) is 1.07. The summed E-state index contributed by atoms with van der Waals surface area (Å²) in [4.78, 5) is 2.55. The van der Waals surface area contributed by atoms with E-state index in [0.717, 1.165) is 40.7 Å². The third-order valence-corrected chi connectivity index (χ3v) is 6.13. The van der Waals surface area contributed by atoms with Crippen molar-refractivity contribution in [2.45, 2.75) is 31.7 Å². The highest BCUT2D eigenvalue weighted by Crippen LogP contribution is 2.47. The van der Waals surface area contributed by atoms with E-state index in [2.05, 4.69) is 42.1 Å². The summed E-state index contributed by atoms with van der Waals surface area (Å²) >= 11 is 7.15. The van der Waals surface area contributed by atoms with Crippen LogP contribution in [0.4, 0.5) is 0 Å². The molecule has 0 aromatic heterocycles. The first kappa shape index (κ1) is 21.5. The van der Waals surface area contributed by atoms with Gasteiger partial charge in [0.25, 0.3) is 0 Å². The number of nitrogens with zero attached hydrogens (tertiary/aromatic N) is 1. The number of hydrogen-bond donors (Lipinski definition) is 2. The lowest BCUT2D eigenvalue weighted by atomic mass is 9.89. The van der Waals surface area contributed by atoms with E-state index in [0.29, 0.717) is 17.7 Å². The number of halogens is 4. The molecule has 1 saturated heterocycles. The molecular formula is C16H24Br2Cl2N2O. The van der Waals surface area contributed by atoms with E-state index in [1.54, 1.807) is 0 Å². The Balaban J connectivity index is 0.00000132. The van der Waals surface area contributed by atoms with Crippen LogP contribution < -0.4 is 5.32 Å². The Bertz CT molecular complexity index is 507. The van der Waals surface area contributed by atoms with Crippen LogP contribution in [0.3, 0.4) is 0 Å². The molecule has 132 valence electrons. The lowest BCUT2D eigenvalue weighted by Crippen LogP contribution is -2.46. The molecule has 2 N–H and O–H groups in total. The molecule has 1 aromatic rings. The van der Waals surface area contributed by atoms with Gasteiger partial charge in [-0.25, -0.2) is 0 Å². The Hall–Kier alpha value is 0.480. The van der Waals surface area contributed by atoms with Crippen molar-refractivity contribution < 1.29 is 5.11 Å². The molecule has 1 aromatic carbocycles. The van der Waals surface area contributed by atoms with Crippen molar-refractivity contribution >= 4 is 56.7 Å². The number of phenols is 1. The quantitative estimate of drug-likeness (QED) is 0.632. The van der Waals surface area contributed by atoms with Crippen LogP contribution in [0.5, 0.6) is 5.75 Å². The number of hydrogen-bond acceptors (Lipinski definition) is 3. The van der Waals surface area contributed by atoms with Crippen molar-refractivity contribution in [2.75, 3.05) is 26.2 Å². The third-order valence-electron chi connectivity index (χ3n) is 4.80. The molecule has 23 heavy (non-hydrogen) atoms. The van der Waals surface area contributed by atoms with Gasteiger partial charge in [0.05, 0.1) is 4.47 Å². The summed E-state index contributed by atoms with van der Waals surface area (Å²) < 4.78 is 1.82. The predicted molar refractivity (Wildman–Crippen MR) is 107 cm³/mol. The van der Waals surface area contributed by atoms with E-state index >= 15 is 0 Å². The highest BCUT2D eigenvalue weighted by atomic mass is 79.9. The van der Waals surface area contributed by atoms with Crippen LogP contribution in [0.15, 0.2) is 21.1 Å². The Morgan fingerprint density at radius 3 is 2.22 bits per heavy atom. The van der Waals surface area contributed by atoms with Gasteiger partial charge in [-0.2, -0.15) is 0 Å². The fraction of sp³-hybridized carbons (Fsp3) is 0.625. The second-order valence-corrected chi connectivity index (χ2v) is 7.78. The number of phenolic OH excluding ortho intramolecular Hbond substituents is 1. The topological polar surface area (TPSA) is 35.5 Å². The first-order chi connectivity index (χ1) is 10.2. The first-order valence-electron chi connectivity index (χ1n) is 7.80. The first-order valence-corrected chi connectivity index (χ1v) is 9.38. The normalized spacial score (nSPS) is 20.6. The maximum atomic E-state index is 10.6. The Morgan fingerprint density at radius 1 is 1.04 bits per heavy atom. The minimum atomic E-state index is 0. The summed E-state index contributed by atoms with van der Waals surface area (Å²) in [7, 11) is 0. The van der Waals surface area contributed by atoms with Crippen LogP contribution in [0.1, 0.15) is 37.3 Å². The van der Waals surface area contributed by atoms with Crippen molar-refractivity contribution in [3.05, 3.63) is 26.6 Å². The van der Waals surface area contributed by atoms with Gasteiger partial charge in [-0.3, -0.25) is 4.90 Å². The van der Waals surface area contributed by atoms with Gasteiger partial charge in [0.2, 0.25) is 0 Å². The van der Waals surface area contributed by atoms with E-state index in [9.17, 15) is 5.11 Å². The predicted octanol–water partition coefficient (Wildman–Crippen LogP) is 4.90. The van der Waals surface area contributed by atoms with E-state index in [1.165, 1.54) is 25.7 Å². The fourth-order valence-electron chi connectivity index (χ4n) is 3.79. The molecule has 2 aliphatic rings. The van der Waals surface area contributed by atoms with Gasteiger partial charge in [-0.1, -0.05) is 28.8 Å². The highest BCUT2D eigenvalue weighted by Gasteiger charge is 2.35. The summed E-state index contributed by atoms with van der Waals surface area (Å²) in [5.74, 6) is 1.06. The highest BCUT2D eigenvalue weighted by molar-refractivity contribution is 9.11. The lowest BCUT2D eigenvalue weighted by molar-refractivity contribution is 0.122. The SMILES string of the molecule is Cl.Cl.Oc1c(Br)ccc(Br)c1[C@H](C1CCCC1)N1CCNCC1. The van der Waals surface area contributed by atoms with Crippen LogP contribution in [0.25, 0.3) is 0 Å². The van der Waals surface area contributed by atoms with E-state index in [1.807, 2.05) is 12.1 Å². The molecule has 7 heteroatoms. The average Bonchev–Trinajstić information content (AvgIpc) is 3.02. The molecule has 1 heterocycles. The Morgan fingerprint density at radius 2 is 1.61 bits per heavy atom. The van der Waals surface area contributed by atoms with Crippen molar-refractivity contribution in [3.63, 3.8) is 0 Å². The molecule has 1 aliphatic carbocycles. The number of nitrogens with one attached hydrogen (secondary N) is 1. The maximum absolute atomic E-state index is 10.6. The number of piperazine rings is 1. The third kappa shape index (κ3) is 4.77. The van der Waals surface area contributed by atoms with Gasteiger partial charge >= 0.3 is 0 Å². The molecule has 3 rings (SSSR count). The van der Waals surface area contributed by atoms with Gasteiger partial charge in [-0.05, 0) is 46.8 Å². The Kier molecular flexibility index (Phi) is 9.20. The van der Waals surface area contributed by atoms with E-state index in [4.69, 9.17) is 0 Å². The van der Waals surface area contributed by atoms with Gasteiger partial charge in [-0.15, -0.1) is 24.8 Å². The monoisotopic (exact) mass is 488 g/mol. The van der Waals surface area contributed by atoms with E-state index in [-0.39, 0.29) is 24.8 Å². The van der Waals surface area contributed by atoms with Crippen LogP contribution in [0.2, 0.25) is 0 Å². The van der Waals surface area contributed by atoms with Gasteiger partial charge in [0.15, 0.2) is 0 Å². The Labute approximate surface area is 167 Å². The standard InChI is InChI=1S/C16H22Br2N2O.2ClH/c17-12-5-6-13(18)16(21)14(12)15(11-3-1-2-4-11)20-9-7-19-8-10-20;;/h5-6,11,15,19,21H,1-4,7-10H2;2*1H/t15-;;/m0../s1. The fourth-order valence-corrected chi connectivity index (χ4v) is 4.69. The van der Waals surface area contributed by atoms with Crippen LogP contribution in [0, 0.1) is 5.92 Å².